The van der Waals surface area contributed by atoms with Gasteiger partial charge in [0.25, 0.3) is 0 Å². The zero-order chi connectivity index (χ0) is 20.2. The van der Waals surface area contributed by atoms with Crippen LogP contribution in [-0.4, -0.2) is 47.3 Å². The zero-order valence-corrected chi connectivity index (χ0v) is 16.8. The standard InChI is InChI=1S/C22H25N5O2/c1-3-17-4-8-19(9-5-17)24-22(28)27-14-12-26(13-15-27)20-10-6-18(7-11-20)21-23-16(2)29-25-21/h4-11H,3,12-15H2,1-2H3,(H,24,28). The van der Waals surface area contributed by atoms with Crippen LogP contribution in [0.3, 0.4) is 0 Å². The van der Waals surface area contributed by atoms with Crippen LogP contribution in [0.1, 0.15) is 18.4 Å². The monoisotopic (exact) mass is 391 g/mol. The number of rotatable bonds is 4. The van der Waals surface area contributed by atoms with Crippen molar-refractivity contribution in [2.24, 2.45) is 0 Å². The van der Waals surface area contributed by atoms with Crippen molar-refractivity contribution < 1.29 is 9.32 Å². The first-order valence-electron chi connectivity index (χ1n) is 9.93. The summed E-state index contributed by atoms with van der Waals surface area (Å²) in [5.41, 5.74) is 4.15. The average Bonchev–Trinajstić information content (AvgIpc) is 3.21. The number of nitrogens with one attached hydrogen (secondary N) is 1. The van der Waals surface area contributed by atoms with Crippen LogP contribution < -0.4 is 10.2 Å². The molecule has 1 fully saturated rings. The molecule has 0 spiro atoms. The predicted octanol–water partition coefficient (Wildman–Crippen LogP) is 3.96. The van der Waals surface area contributed by atoms with Gasteiger partial charge in [-0.15, -0.1) is 0 Å². The molecule has 2 heterocycles. The number of hydrogen-bond donors (Lipinski definition) is 1. The molecule has 3 aromatic rings. The quantitative estimate of drug-likeness (QED) is 0.729. The van der Waals surface area contributed by atoms with Crippen molar-refractivity contribution in [1.82, 2.24) is 15.0 Å². The van der Waals surface area contributed by atoms with Gasteiger partial charge in [0, 0.05) is 50.0 Å². The second-order valence-corrected chi connectivity index (χ2v) is 7.14. The Hall–Kier alpha value is -3.35. The third-order valence-electron chi connectivity index (χ3n) is 5.20. The van der Waals surface area contributed by atoms with Gasteiger partial charge >= 0.3 is 6.03 Å². The number of anilines is 2. The van der Waals surface area contributed by atoms with Gasteiger partial charge in [0.1, 0.15) is 0 Å². The summed E-state index contributed by atoms with van der Waals surface area (Å²) >= 11 is 0. The first kappa shape index (κ1) is 19.0. The molecule has 150 valence electrons. The van der Waals surface area contributed by atoms with E-state index in [1.54, 1.807) is 6.92 Å². The summed E-state index contributed by atoms with van der Waals surface area (Å²) in [4.78, 5) is 20.9. The van der Waals surface area contributed by atoms with Crippen molar-refractivity contribution in [2.45, 2.75) is 20.3 Å². The number of benzene rings is 2. The predicted molar refractivity (Wildman–Crippen MR) is 113 cm³/mol. The average molecular weight is 391 g/mol. The summed E-state index contributed by atoms with van der Waals surface area (Å²) in [7, 11) is 0. The number of carbonyl (C=O) groups is 1. The van der Waals surface area contributed by atoms with Gasteiger partial charge in [0.15, 0.2) is 0 Å². The summed E-state index contributed by atoms with van der Waals surface area (Å²) in [5, 5.41) is 6.94. The lowest BCUT2D eigenvalue weighted by Crippen LogP contribution is -2.50. The number of piperazine rings is 1. The number of amides is 2. The van der Waals surface area contributed by atoms with Crippen LogP contribution in [0.15, 0.2) is 53.1 Å². The largest absolute Gasteiger partial charge is 0.368 e. The fourth-order valence-electron chi connectivity index (χ4n) is 3.43. The number of aryl methyl sites for hydroxylation is 2. The van der Waals surface area contributed by atoms with Gasteiger partial charge in [-0.25, -0.2) is 4.79 Å². The second kappa shape index (κ2) is 8.34. The van der Waals surface area contributed by atoms with Gasteiger partial charge in [-0.05, 0) is 48.4 Å². The fraction of sp³-hybridized carbons (Fsp3) is 0.318. The Morgan fingerprint density at radius 3 is 2.31 bits per heavy atom. The number of urea groups is 1. The highest BCUT2D eigenvalue weighted by Crippen LogP contribution is 2.22. The normalized spacial score (nSPS) is 14.1. The van der Waals surface area contributed by atoms with E-state index in [0.717, 1.165) is 36.4 Å². The highest BCUT2D eigenvalue weighted by Gasteiger charge is 2.21. The molecule has 1 saturated heterocycles. The molecular weight excluding hydrogens is 366 g/mol. The minimum absolute atomic E-state index is 0.0447. The van der Waals surface area contributed by atoms with Crippen LogP contribution in [0, 0.1) is 6.92 Å². The molecule has 0 atom stereocenters. The minimum Gasteiger partial charge on any atom is -0.368 e. The SMILES string of the molecule is CCc1ccc(NC(=O)N2CCN(c3ccc(-c4noc(C)n4)cc3)CC2)cc1. The minimum atomic E-state index is -0.0447. The summed E-state index contributed by atoms with van der Waals surface area (Å²) in [6.07, 6.45) is 0.992. The van der Waals surface area contributed by atoms with E-state index in [1.807, 2.05) is 41.3 Å². The van der Waals surface area contributed by atoms with Gasteiger partial charge in [-0.2, -0.15) is 4.98 Å². The van der Waals surface area contributed by atoms with Crippen molar-refractivity contribution in [1.29, 1.82) is 0 Å². The van der Waals surface area contributed by atoms with Crippen molar-refractivity contribution in [3.63, 3.8) is 0 Å². The maximum Gasteiger partial charge on any atom is 0.321 e. The Balaban J connectivity index is 1.32. The molecule has 0 radical (unpaired) electrons. The van der Waals surface area contributed by atoms with Gasteiger partial charge in [0.2, 0.25) is 11.7 Å². The van der Waals surface area contributed by atoms with Crippen LogP contribution in [0.25, 0.3) is 11.4 Å². The van der Waals surface area contributed by atoms with E-state index in [2.05, 4.69) is 39.4 Å². The maximum atomic E-state index is 12.5. The molecule has 0 bridgehead atoms. The van der Waals surface area contributed by atoms with Crippen LogP contribution in [-0.2, 0) is 6.42 Å². The van der Waals surface area contributed by atoms with E-state index in [4.69, 9.17) is 4.52 Å². The smallest absolute Gasteiger partial charge is 0.321 e. The number of hydrogen-bond acceptors (Lipinski definition) is 5. The number of nitrogens with zero attached hydrogens (tertiary/aromatic N) is 4. The molecule has 29 heavy (non-hydrogen) atoms. The van der Waals surface area contributed by atoms with Gasteiger partial charge < -0.3 is 19.6 Å². The van der Waals surface area contributed by atoms with Crippen molar-refractivity contribution in [3.8, 4) is 11.4 Å². The highest BCUT2D eigenvalue weighted by molar-refractivity contribution is 5.89. The molecule has 1 aromatic heterocycles. The number of carbonyl (C=O) groups excluding carboxylic acids is 1. The molecule has 0 aliphatic carbocycles. The summed E-state index contributed by atoms with van der Waals surface area (Å²) in [5.74, 6) is 1.15. The molecular formula is C22H25N5O2. The van der Waals surface area contributed by atoms with E-state index in [1.165, 1.54) is 5.56 Å². The lowest BCUT2D eigenvalue weighted by Gasteiger charge is -2.36. The van der Waals surface area contributed by atoms with Crippen LogP contribution in [0.4, 0.5) is 16.2 Å². The Morgan fingerprint density at radius 1 is 1.03 bits per heavy atom. The summed E-state index contributed by atoms with van der Waals surface area (Å²) in [6.45, 7) is 6.86. The van der Waals surface area contributed by atoms with Gasteiger partial charge in [-0.3, -0.25) is 0 Å². The third kappa shape index (κ3) is 4.39. The maximum absolute atomic E-state index is 12.5. The highest BCUT2D eigenvalue weighted by atomic mass is 16.5. The Kier molecular flexibility index (Phi) is 5.46. The molecule has 4 rings (SSSR count). The molecule has 7 nitrogen and oxygen atoms in total. The van der Waals surface area contributed by atoms with E-state index in [-0.39, 0.29) is 6.03 Å². The van der Waals surface area contributed by atoms with E-state index in [0.29, 0.717) is 24.8 Å². The molecule has 0 unspecified atom stereocenters. The van der Waals surface area contributed by atoms with Crippen LogP contribution in [0.5, 0.6) is 0 Å². The van der Waals surface area contributed by atoms with Crippen LogP contribution in [0.2, 0.25) is 0 Å². The number of aromatic nitrogens is 2. The first-order valence-corrected chi connectivity index (χ1v) is 9.93. The van der Waals surface area contributed by atoms with Crippen LogP contribution >= 0.6 is 0 Å². The zero-order valence-electron chi connectivity index (χ0n) is 16.8. The van der Waals surface area contributed by atoms with E-state index in [9.17, 15) is 4.79 Å². The van der Waals surface area contributed by atoms with E-state index >= 15 is 0 Å². The van der Waals surface area contributed by atoms with Crippen molar-refractivity contribution >= 4 is 17.4 Å². The second-order valence-electron chi connectivity index (χ2n) is 7.14. The Morgan fingerprint density at radius 2 is 1.72 bits per heavy atom. The Bertz CT molecular complexity index is 958. The lowest BCUT2D eigenvalue weighted by atomic mass is 10.1. The van der Waals surface area contributed by atoms with Crippen molar-refractivity contribution in [2.75, 3.05) is 36.4 Å². The van der Waals surface area contributed by atoms with Gasteiger partial charge in [0.05, 0.1) is 0 Å². The third-order valence-corrected chi connectivity index (χ3v) is 5.20. The van der Waals surface area contributed by atoms with Crippen molar-refractivity contribution in [3.05, 3.63) is 60.0 Å². The lowest BCUT2D eigenvalue weighted by molar-refractivity contribution is 0.208. The molecule has 2 amide bonds. The Labute approximate surface area is 170 Å². The summed E-state index contributed by atoms with van der Waals surface area (Å²) in [6, 6.07) is 16.1. The molecule has 0 saturated carbocycles. The molecule has 1 N–H and O–H groups in total. The summed E-state index contributed by atoms with van der Waals surface area (Å²) < 4.78 is 5.04. The fourth-order valence-corrected chi connectivity index (χ4v) is 3.43. The van der Waals surface area contributed by atoms with E-state index < -0.39 is 0 Å². The molecule has 1 aliphatic rings. The topological polar surface area (TPSA) is 74.5 Å². The molecule has 7 heteroatoms. The molecule has 1 aliphatic heterocycles. The van der Waals surface area contributed by atoms with Gasteiger partial charge in [-0.1, -0.05) is 24.2 Å². The first-order chi connectivity index (χ1) is 14.1. The molecule has 2 aromatic carbocycles.